The smallest absolute Gasteiger partial charge is 0.123 e. The average Bonchev–Trinajstić information content (AvgIpc) is 2.32. The van der Waals surface area contributed by atoms with Gasteiger partial charge in [-0.3, -0.25) is 0 Å². The molecule has 1 unspecified atom stereocenters. The first-order valence-electron chi connectivity index (χ1n) is 5.75. The van der Waals surface area contributed by atoms with Crippen LogP contribution >= 0.6 is 11.6 Å². The molecule has 18 heavy (non-hydrogen) atoms. The van der Waals surface area contributed by atoms with Gasteiger partial charge >= 0.3 is 0 Å². The van der Waals surface area contributed by atoms with Gasteiger partial charge in [0.05, 0.1) is 6.10 Å². The highest BCUT2D eigenvalue weighted by Crippen LogP contribution is 2.25. The van der Waals surface area contributed by atoms with Crippen molar-refractivity contribution in [2.24, 2.45) is 0 Å². The van der Waals surface area contributed by atoms with Crippen molar-refractivity contribution in [3.8, 4) is 0 Å². The molecule has 0 spiro atoms. The van der Waals surface area contributed by atoms with Gasteiger partial charge in [-0.1, -0.05) is 35.9 Å². The summed E-state index contributed by atoms with van der Waals surface area (Å²) in [5, 5.41) is 10.8. The lowest BCUT2D eigenvalue weighted by atomic mass is 9.97. The molecule has 0 saturated heterocycles. The Morgan fingerprint density at radius 3 is 2.61 bits per heavy atom. The quantitative estimate of drug-likeness (QED) is 0.886. The van der Waals surface area contributed by atoms with Crippen molar-refractivity contribution in [2.75, 3.05) is 0 Å². The molecule has 1 N–H and O–H groups in total. The van der Waals surface area contributed by atoms with Gasteiger partial charge in [0, 0.05) is 11.4 Å². The van der Waals surface area contributed by atoms with E-state index in [1.54, 1.807) is 19.1 Å². The van der Waals surface area contributed by atoms with Gasteiger partial charge < -0.3 is 5.11 Å². The van der Waals surface area contributed by atoms with Gasteiger partial charge in [0.2, 0.25) is 0 Å². The standard InChI is InChI=1S/C15H14ClFO/c1-10-8-12(17)6-7-13(10)15(18)9-11-4-2-3-5-14(11)16/h2-8,15,18H,9H2,1H3. The average molecular weight is 265 g/mol. The van der Waals surface area contributed by atoms with Crippen LogP contribution in [-0.4, -0.2) is 5.11 Å². The molecule has 0 aliphatic rings. The van der Waals surface area contributed by atoms with Crippen LogP contribution < -0.4 is 0 Å². The summed E-state index contributed by atoms with van der Waals surface area (Å²) in [6.07, 6.45) is -0.253. The normalized spacial score (nSPS) is 12.4. The van der Waals surface area contributed by atoms with E-state index in [-0.39, 0.29) is 5.82 Å². The Labute approximate surface area is 111 Å². The molecular formula is C15H14ClFO. The van der Waals surface area contributed by atoms with Crippen molar-refractivity contribution in [1.82, 2.24) is 0 Å². The highest BCUT2D eigenvalue weighted by molar-refractivity contribution is 6.31. The van der Waals surface area contributed by atoms with Crippen LogP contribution in [0.5, 0.6) is 0 Å². The summed E-state index contributed by atoms with van der Waals surface area (Å²) in [6, 6.07) is 11.8. The number of rotatable bonds is 3. The fourth-order valence-corrected chi connectivity index (χ4v) is 2.21. The van der Waals surface area contributed by atoms with Crippen molar-refractivity contribution in [3.05, 3.63) is 70.0 Å². The first kappa shape index (κ1) is 13.1. The van der Waals surface area contributed by atoms with E-state index in [0.717, 1.165) is 16.7 Å². The van der Waals surface area contributed by atoms with E-state index in [9.17, 15) is 9.50 Å². The summed E-state index contributed by atoms with van der Waals surface area (Å²) >= 11 is 6.05. The third-order valence-corrected chi connectivity index (χ3v) is 3.33. The van der Waals surface area contributed by atoms with Gasteiger partial charge in [0.1, 0.15) is 5.82 Å². The van der Waals surface area contributed by atoms with Crippen LogP contribution in [0.25, 0.3) is 0 Å². The molecular weight excluding hydrogens is 251 g/mol. The summed E-state index contributed by atoms with van der Waals surface area (Å²) in [4.78, 5) is 0. The maximum atomic E-state index is 13.0. The number of hydrogen-bond donors (Lipinski definition) is 1. The Morgan fingerprint density at radius 2 is 1.94 bits per heavy atom. The van der Waals surface area contributed by atoms with Crippen LogP contribution in [-0.2, 0) is 6.42 Å². The summed E-state index contributed by atoms with van der Waals surface area (Å²) < 4.78 is 13.0. The zero-order chi connectivity index (χ0) is 13.1. The molecule has 2 rings (SSSR count). The summed E-state index contributed by atoms with van der Waals surface area (Å²) in [5.41, 5.74) is 2.36. The molecule has 3 heteroatoms. The number of benzene rings is 2. The molecule has 0 aromatic heterocycles. The number of aryl methyl sites for hydroxylation is 1. The van der Waals surface area contributed by atoms with E-state index in [0.29, 0.717) is 11.4 Å². The van der Waals surface area contributed by atoms with E-state index < -0.39 is 6.10 Å². The maximum Gasteiger partial charge on any atom is 0.123 e. The number of aliphatic hydroxyl groups excluding tert-OH is 1. The summed E-state index contributed by atoms with van der Waals surface area (Å²) in [5.74, 6) is -0.291. The second-order valence-corrected chi connectivity index (χ2v) is 4.72. The Balaban J connectivity index is 2.22. The molecule has 94 valence electrons. The minimum absolute atomic E-state index is 0.291. The highest BCUT2D eigenvalue weighted by atomic mass is 35.5. The second-order valence-electron chi connectivity index (χ2n) is 4.31. The van der Waals surface area contributed by atoms with Crippen LogP contribution in [0.3, 0.4) is 0 Å². The molecule has 0 fully saturated rings. The third kappa shape index (κ3) is 2.89. The zero-order valence-electron chi connectivity index (χ0n) is 10.0. The minimum Gasteiger partial charge on any atom is -0.388 e. The van der Waals surface area contributed by atoms with Gasteiger partial charge in [0.15, 0.2) is 0 Å². The molecule has 2 aromatic rings. The van der Waals surface area contributed by atoms with Crippen molar-refractivity contribution in [1.29, 1.82) is 0 Å². The predicted molar refractivity (Wildman–Crippen MR) is 71.3 cm³/mol. The molecule has 0 aliphatic heterocycles. The lowest BCUT2D eigenvalue weighted by molar-refractivity contribution is 0.177. The Morgan fingerprint density at radius 1 is 1.22 bits per heavy atom. The van der Waals surface area contributed by atoms with Crippen molar-refractivity contribution >= 4 is 11.6 Å². The van der Waals surface area contributed by atoms with Crippen LogP contribution in [0.1, 0.15) is 22.8 Å². The van der Waals surface area contributed by atoms with E-state index in [1.165, 1.54) is 12.1 Å². The third-order valence-electron chi connectivity index (χ3n) is 2.96. The minimum atomic E-state index is -0.675. The number of aliphatic hydroxyl groups is 1. The van der Waals surface area contributed by atoms with Gasteiger partial charge in [-0.15, -0.1) is 0 Å². The van der Waals surface area contributed by atoms with Crippen LogP contribution in [0.2, 0.25) is 5.02 Å². The van der Waals surface area contributed by atoms with Gasteiger partial charge in [0.25, 0.3) is 0 Å². The second kappa shape index (κ2) is 5.51. The van der Waals surface area contributed by atoms with Crippen LogP contribution in [0, 0.1) is 12.7 Å². The van der Waals surface area contributed by atoms with Crippen molar-refractivity contribution in [3.63, 3.8) is 0 Å². The molecule has 0 bridgehead atoms. The molecule has 0 aliphatic carbocycles. The first-order chi connectivity index (χ1) is 8.58. The Bertz CT molecular complexity index is 554. The van der Waals surface area contributed by atoms with E-state index in [1.807, 2.05) is 18.2 Å². The fraction of sp³-hybridized carbons (Fsp3) is 0.200. The molecule has 0 radical (unpaired) electrons. The molecule has 1 atom stereocenters. The number of hydrogen-bond acceptors (Lipinski definition) is 1. The monoisotopic (exact) mass is 264 g/mol. The maximum absolute atomic E-state index is 13.0. The fourth-order valence-electron chi connectivity index (χ4n) is 2.00. The van der Waals surface area contributed by atoms with Crippen molar-refractivity contribution in [2.45, 2.75) is 19.4 Å². The van der Waals surface area contributed by atoms with Gasteiger partial charge in [-0.05, 0) is 41.8 Å². The molecule has 1 nitrogen and oxygen atoms in total. The van der Waals surface area contributed by atoms with E-state index in [2.05, 4.69) is 0 Å². The predicted octanol–water partition coefficient (Wildman–Crippen LogP) is 4.06. The van der Waals surface area contributed by atoms with Gasteiger partial charge in [-0.25, -0.2) is 4.39 Å². The Kier molecular flexibility index (Phi) is 4.00. The highest BCUT2D eigenvalue weighted by Gasteiger charge is 2.13. The molecule has 0 amide bonds. The summed E-state index contributed by atoms with van der Waals surface area (Å²) in [6.45, 7) is 1.79. The SMILES string of the molecule is Cc1cc(F)ccc1C(O)Cc1ccccc1Cl. The lowest BCUT2D eigenvalue weighted by Crippen LogP contribution is -2.04. The largest absolute Gasteiger partial charge is 0.388 e. The van der Waals surface area contributed by atoms with Gasteiger partial charge in [-0.2, -0.15) is 0 Å². The molecule has 2 aromatic carbocycles. The van der Waals surface area contributed by atoms with E-state index in [4.69, 9.17) is 11.6 Å². The Hall–Kier alpha value is -1.38. The molecule has 0 saturated carbocycles. The van der Waals surface area contributed by atoms with Crippen molar-refractivity contribution < 1.29 is 9.50 Å². The topological polar surface area (TPSA) is 20.2 Å². The van der Waals surface area contributed by atoms with E-state index >= 15 is 0 Å². The molecule has 0 heterocycles. The number of halogens is 2. The van der Waals surface area contributed by atoms with Crippen LogP contribution in [0.4, 0.5) is 4.39 Å². The zero-order valence-corrected chi connectivity index (χ0v) is 10.8. The summed E-state index contributed by atoms with van der Waals surface area (Å²) in [7, 11) is 0. The van der Waals surface area contributed by atoms with Crippen LogP contribution in [0.15, 0.2) is 42.5 Å². The lowest BCUT2D eigenvalue weighted by Gasteiger charge is -2.14. The first-order valence-corrected chi connectivity index (χ1v) is 6.13.